The summed E-state index contributed by atoms with van der Waals surface area (Å²) in [5, 5.41) is 0. The van der Waals surface area contributed by atoms with Crippen LogP contribution in [0, 0.1) is 0 Å². The van der Waals surface area contributed by atoms with E-state index < -0.39 is 13.5 Å². The summed E-state index contributed by atoms with van der Waals surface area (Å²) in [6.45, 7) is 1.00. The fraction of sp³-hybridized carbons (Fsp3) is 0.500. The molecule has 0 fully saturated rings. The van der Waals surface area contributed by atoms with Crippen LogP contribution in [-0.4, -0.2) is 32.5 Å². The molecule has 2 nitrogen and oxygen atoms in total. The van der Waals surface area contributed by atoms with Crippen molar-refractivity contribution in [3.63, 3.8) is 0 Å². The molecule has 1 aromatic rings. The maximum atomic E-state index is 3.72. The van der Waals surface area contributed by atoms with E-state index >= 15 is 0 Å². The average Bonchev–Trinajstić information content (AvgIpc) is 2.05. The molecule has 1 rings (SSSR count). The second-order valence-electron chi connectivity index (χ2n) is 5.27. The number of benzene rings is 1. The van der Waals surface area contributed by atoms with Gasteiger partial charge < -0.3 is 0 Å². The van der Waals surface area contributed by atoms with Crippen LogP contribution in [0.2, 0.25) is 17.3 Å². The van der Waals surface area contributed by atoms with Crippen LogP contribution in [0.5, 0.6) is 0 Å². The Hall–Kier alpha value is -0.477. The molecular weight excluding hydrogens is 245 g/mol. The molecule has 1 N–H and O–H groups in total. The summed E-state index contributed by atoms with van der Waals surface area (Å²) in [6, 6.07) is 8.61. The Morgan fingerprint density at radius 3 is 2.27 bits per heavy atom. The van der Waals surface area contributed by atoms with Crippen molar-refractivity contribution in [3.8, 4) is 0 Å². The van der Waals surface area contributed by atoms with E-state index in [9.17, 15) is 0 Å². The number of rotatable bonds is 4. The molecule has 0 aromatic heterocycles. The summed E-state index contributed by atoms with van der Waals surface area (Å²) in [4.78, 5) is 2.20. The van der Waals surface area contributed by atoms with Gasteiger partial charge in [0.05, 0.1) is 0 Å². The summed E-state index contributed by atoms with van der Waals surface area (Å²) in [5.41, 5.74) is 2.71. The average molecular weight is 267 g/mol. The maximum absolute atomic E-state index is 3.72. The fourth-order valence-electron chi connectivity index (χ4n) is 1.52. The first-order valence-corrected chi connectivity index (χ1v) is 12.7. The number of nitrogens with one attached hydrogen (secondary N) is 1. The number of hydrogen-bond donors (Lipinski definition) is 1. The minimum absolute atomic E-state index is 1.00. The molecule has 3 heteroatoms. The molecule has 0 amide bonds. The van der Waals surface area contributed by atoms with Gasteiger partial charge in [0.25, 0.3) is 0 Å². The Morgan fingerprint density at radius 2 is 1.73 bits per heavy atom. The molecule has 0 radical (unpaired) electrons. The first-order chi connectivity index (χ1) is 6.88. The van der Waals surface area contributed by atoms with Gasteiger partial charge in [-0.25, -0.2) is 0 Å². The van der Waals surface area contributed by atoms with Gasteiger partial charge >= 0.3 is 96.1 Å². The molecular formula is C12H22GeN2. The van der Waals surface area contributed by atoms with E-state index in [1.54, 1.807) is 0 Å². The standard InChI is InChI=1S/C12H22GeN2/c1-13(2,3)14-12-9-7-6-8-11(12)10-15(4)5/h6-9,14H,10H2,1-5H3. The predicted molar refractivity (Wildman–Crippen MR) is 70.8 cm³/mol. The second-order valence-corrected chi connectivity index (χ2v) is 15.2. The molecule has 15 heavy (non-hydrogen) atoms. The first kappa shape index (κ1) is 12.6. The van der Waals surface area contributed by atoms with E-state index in [2.05, 4.69) is 64.8 Å². The summed E-state index contributed by atoms with van der Waals surface area (Å²) < 4.78 is 3.72. The molecule has 0 saturated heterocycles. The molecule has 0 atom stereocenters. The Kier molecular flexibility index (Phi) is 4.23. The van der Waals surface area contributed by atoms with Crippen LogP contribution in [0.25, 0.3) is 0 Å². The summed E-state index contributed by atoms with van der Waals surface area (Å²) in [6.07, 6.45) is 0. The van der Waals surface area contributed by atoms with E-state index in [4.69, 9.17) is 0 Å². The molecule has 1 aromatic carbocycles. The number of hydrogen-bond acceptors (Lipinski definition) is 2. The minimum atomic E-state index is -1.73. The Labute approximate surface area is 96.3 Å². The van der Waals surface area contributed by atoms with E-state index in [0.29, 0.717) is 0 Å². The molecule has 0 spiro atoms. The van der Waals surface area contributed by atoms with Crippen molar-refractivity contribution < 1.29 is 0 Å². The van der Waals surface area contributed by atoms with Gasteiger partial charge in [0.15, 0.2) is 0 Å². The number of para-hydroxylation sites is 1. The normalized spacial score (nSPS) is 11.9. The Morgan fingerprint density at radius 1 is 1.13 bits per heavy atom. The molecule has 0 aliphatic rings. The van der Waals surface area contributed by atoms with Crippen molar-refractivity contribution in [2.24, 2.45) is 0 Å². The Balaban J connectivity index is 2.86. The van der Waals surface area contributed by atoms with Gasteiger partial charge in [-0.2, -0.15) is 0 Å². The van der Waals surface area contributed by atoms with Crippen LogP contribution in [0.1, 0.15) is 5.56 Å². The molecule has 0 aliphatic heterocycles. The zero-order valence-electron chi connectivity index (χ0n) is 10.5. The third-order valence-electron chi connectivity index (χ3n) is 2.01. The van der Waals surface area contributed by atoms with Gasteiger partial charge in [-0.3, -0.25) is 0 Å². The Bertz CT molecular complexity index is 316. The predicted octanol–water partition coefficient (Wildman–Crippen LogP) is 3.00. The molecule has 0 saturated carbocycles. The topological polar surface area (TPSA) is 15.3 Å². The van der Waals surface area contributed by atoms with Crippen LogP contribution in [0.4, 0.5) is 5.69 Å². The summed E-state index contributed by atoms with van der Waals surface area (Å²) in [5.74, 6) is 7.10. The van der Waals surface area contributed by atoms with Gasteiger partial charge in [-0.05, 0) is 0 Å². The van der Waals surface area contributed by atoms with E-state index in [0.717, 1.165) is 6.54 Å². The first-order valence-electron chi connectivity index (χ1n) is 5.39. The molecule has 0 bridgehead atoms. The third-order valence-corrected chi connectivity index (χ3v) is 4.15. The van der Waals surface area contributed by atoms with Gasteiger partial charge in [0.2, 0.25) is 0 Å². The van der Waals surface area contributed by atoms with Gasteiger partial charge in [0, 0.05) is 0 Å². The van der Waals surface area contributed by atoms with E-state index in [1.807, 2.05) is 0 Å². The molecule has 84 valence electrons. The van der Waals surface area contributed by atoms with Crippen LogP contribution in [0.15, 0.2) is 24.3 Å². The quantitative estimate of drug-likeness (QED) is 0.843. The van der Waals surface area contributed by atoms with Gasteiger partial charge in [-0.15, -0.1) is 0 Å². The van der Waals surface area contributed by atoms with Crippen LogP contribution in [0.3, 0.4) is 0 Å². The van der Waals surface area contributed by atoms with Crippen molar-refractivity contribution in [1.82, 2.24) is 4.90 Å². The molecule has 0 heterocycles. The number of anilines is 1. The fourth-order valence-corrected chi connectivity index (χ4v) is 3.73. The summed E-state index contributed by atoms with van der Waals surface area (Å²) in [7, 11) is 4.21. The van der Waals surface area contributed by atoms with Crippen molar-refractivity contribution in [1.29, 1.82) is 0 Å². The van der Waals surface area contributed by atoms with Crippen molar-refractivity contribution in [2.45, 2.75) is 23.8 Å². The zero-order chi connectivity index (χ0) is 11.5. The van der Waals surface area contributed by atoms with Gasteiger partial charge in [0.1, 0.15) is 0 Å². The monoisotopic (exact) mass is 268 g/mol. The van der Waals surface area contributed by atoms with Crippen LogP contribution < -0.4 is 4.27 Å². The SMILES string of the molecule is CN(C)Cc1ccccc1[NH][Ge]([CH3])([CH3])[CH3]. The van der Waals surface area contributed by atoms with E-state index in [-0.39, 0.29) is 0 Å². The number of nitrogens with zero attached hydrogens (tertiary/aromatic N) is 1. The van der Waals surface area contributed by atoms with Crippen molar-refractivity contribution >= 4 is 19.2 Å². The second kappa shape index (κ2) is 5.04. The molecule has 0 aliphatic carbocycles. The van der Waals surface area contributed by atoms with E-state index in [1.165, 1.54) is 11.3 Å². The van der Waals surface area contributed by atoms with Crippen LogP contribution >= 0.6 is 0 Å². The third kappa shape index (κ3) is 4.71. The molecule has 0 unspecified atom stereocenters. The zero-order valence-corrected chi connectivity index (χ0v) is 12.6. The van der Waals surface area contributed by atoms with Gasteiger partial charge in [-0.1, -0.05) is 0 Å². The van der Waals surface area contributed by atoms with Crippen molar-refractivity contribution in [3.05, 3.63) is 29.8 Å². The van der Waals surface area contributed by atoms with Crippen molar-refractivity contribution in [2.75, 3.05) is 18.4 Å². The summed E-state index contributed by atoms with van der Waals surface area (Å²) >= 11 is -1.73. The van der Waals surface area contributed by atoms with Crippen LogP contribution in [-0.2, 0) is 6.54 Å².